The van der Waals surface area contributed by atoms with Crippen LogP contribution in [0.15, 0.2) is 29.3 Å². The number of hydrogen-bond acceptors (Lipinski definition) is 5. The zero-order valence-electron chi connectivity index (χ0n) is 16.7. The van der Waals surface area contributed by atoms with E-state index in [1.54, 1.807) is 13.8 Å². The highest BCUT2D eigenvalue weighted by molar-refractivity contribution is 7.89. The van der Waals surface area contributed by atoms with Gasteiger partial charge in [-0.15, -0.1) is 0 Å². The molecule has 1 spiro atoms. The second-order valence-corrected chi connectivity index (χ2v) is 9.66. The largest absolute Gasteiger partial charge is 0.450 e. The molecule has 0 aliphatic carbocycles. The summed E-state index contributed by atoms with van der Waals surface area (Å²) >= 11 is 0. The maximum atomic E-state index is 13.2. The molecule has 7 nitrogen and oxygen atoms in total. The number of rotatable bonds is 4. The average Bonchev–Trinajstić information content (AvgIpc) is 2.88. The molecule has 2 heterocycles. The lowest BCUT2D eigenvalue weighted by Crippen LogP contribution is -2.49. The van der Waals surface area contributed by atoms with E-state index in [1.807, 2.05) is 32.0 Å². The first kappa shape index (κ1) is 20.5. The Morgan fingerprint density at radius 2 is 1.75 bits per heavy atom. The fourth-order valence-electron chi connectivity index (χ4n) is 3.97. The predicted molar refractivity (Wildman–Crippen MR) is 106 cm³/mol. The lowest BCUT2D eigenvalue weighted by atomic mass is 9.83. The second kappa shape index (κ2) is 7.33. The fourth-order valence-corrected chi connectivity index (χ4v) is 5.08. The van der Waals surface area contributed by atoms with Crippen LogP contribution >= 0.6 is 0 Å². The van der Waals surface area contributed by atoms with Gasteiger partial charge < -0.3 is 10.1 Å². The molecule has 1 N–H and O–H groups in total. The van der Waals surface area contributed by atoms with Gasteiger partial charge in [0.2, 0.25) is 10.0 Å². The average molecular weight is 407 g/mol. The van der Waals surface area contributed by atoms with Crippen LogP contribution < -0.4 is 5.32 Å². The Labute approximate surface area is 165 Å². The van der Waals surface area contributed by atoms with Gasteiger partial charge in [0, 0.05) is 37.2 Å². The number of carbonyl (C=O) groups is 2. The van der Waals surface area contributed by atoms with Crippen molar-refractivity contribution in [2.45, 2.75) is 46.1 Å². The number of carbonyl (C=O) groups excluding carboxylic acids is 2. The molecule has 2 aliphatic rings. The highest BCUT2D eigenvalue weighted by Gasteiger charge is 2.51. The summed E-state index contributed by atoms with van der Waals surface area (Å²) in [7, 11) is -3.32. The summed E-state index contributed by atoms with van der Waals surface area (Å²) < 4.78 is 31.3. The molecule has 1 saturated heterocycles. The van der Waals surface area contributed by atoms with E-state index < -0.39 is 21.6 Å². The lowest BCUT2D eigenvalue weighted by molar-refractivity contribution is -0.149. The second-order valence-electron chi connectivity index (χ2n) is 7.40. The van der Waals surface area contributed by atoms with Gasteiger partial charge in [0.05, 0.1) is 11.3 Å². The van der Waals surface area contributed by atoms with E-state index >= 15 is 0 Å². The van der Waals surface area contributed by atoms with E-state index in [4.69, 9.17) is 4.74 Å². The zero-order valence-corrected chi connectivity index (χ0v) is 17.5. The van der Waals surface area contributed by atoms with E-state index in [0.717, 1.165) is 11.1 Å². The monoisotopic (exact) mass is 406 g/mol. The molecular weight excluding hydrogens is 380 g/mol. The first-order chi connectivity index (χ1) is 13.1. The van der Waals surface area contributed by atoms with Crippen molar-refractivity contribution in [1.29, 1.82) is 0 Å². The van der Waals surface area contributed by atoms with Crippen molar-refractivity contribution in [1.82, 2.24) is 4.31 Å². The molecule has 0 radical (unpaired) electrons. The quantitative estimate of drug-likeness (QED) is 0.775. The van der Waals surface area contributed by atoms with Crippen LogP contribution in [0.3, 0.4) is 0 Å². The van der Waals surface area contributed by atoms with Gasteiger partial charge in [-0.1, -0.05) is 18.2 Å². The Morgan fingerprint density at radius 1 is 1.18 bits per heavy atom. The molecular formula is C20H26N2O5S. The Hall–Kier alpha value is -2.19. The van der Waals surface area contributed by atoms with E-state index in [2.05, 4.69) is 5.32 Å². The summed E-state index contributed by atoms with van der Waals surface area (Å²) in [6.45, 7) is 7.44. The normalized spacial score (nSPS) is 19.8. The minimum Gasteiger partial charge on any atom is -0.450 e. The van der Waals surface area contributed by atoms with Crippen LogP contribution in [0.2, 0.25) is 0 Å². The molecule has 1 fully saturated rings. The Morgan fingerprint density at radius 3 is 2.29 bits per heavy atom. The number of nitrogens with one attached hydrogen (secondary N) is 1. The van der Waals surface area contributed by atoms with Crippen LogP contribution in [0.4, 0.5) is 5.69 Å². The van der Waals surface area contributed by atoms with Crippen LogP contribution in [-0.4, -0.2) is 49.0 Å². The van der Waals surface area contributed by atoms with E-state index in [-0.39, 0.29) is 43.2 Å². The number of benzene rings is 1. The molecule has 2 aliphatic heterocycles. The third-order valence-corrected chi connectivity index (χ3v) is 7.54. The van der Waals surface area contributed by atoms with E-state index in [1.165, 1.54) is 4.31 Å². The van der Waals surface area contributed by atoms with Crippen LogP contribution in [-0.2, 0) is 24.3 Å². The smallest absolute Gasteiger partial charge is 0.335 e. The maximum absolute atomic E-state index is 13.2. The molecule has 0 bridgehead atoms. The number of hydrogen-bond donors (Lipinski definition) is 1. The maximum Gasteiger partial charge on any atom is 0.335 e. The van der Waals surface area contributed by atoms with Crippen molar-refractivity contribution in [3.05, 3.63) is 40.5 Å². The van der Waals surface area contributed by atoms with Crippen LogP contribution in [0, 0.1) is 13.8 Å². The Balaban J connectivity index is 1.88. The molecule has 1 amide bonds. The minimum atomic E-state index is -3.32. The van der Waals surface area contributed by atoms with Gasteiger partial charge in [0.1, 0.15) is 5.60 Å². The van der Waals surface area contributed by atoms with Crippen LogP contribution in [0.1, 0.15) is 37.8 Å². The van der Waals surface area contributed by atoms with Crippen molar-refractivity contribution < 1.29 is 22.7 Å². The molecule has 3 rings (SSSR count). The van der Waals surface area contributed by atoms with Crippen molar-refractivity contribution >= 4 is 27.6 Å². The number of ether oxygens (including phenoxy) is 1. The van der Waals surface area contributed by atoms with Gasteiger partial charge in [-0.05, 0) is 38.8 Å². The van der Waals surface area contributed by atoms with Crippen LogP contribution in [0.5, 0.6) is 0 Å². The van der Waals surface area contributed by atoms with E-state index in [9.17, 15) is 18.0 Å². The molecule has 0 saturated carbocycles. The summed E-state index contributed by atoms with van der Waals surface area (Å²) in [5.74, 6) is -0.861. The zero-order chi connectivity index (χ0) is 20.7. The third-order valence-electron chi connectivity index (χ3n) is 5.66. The van der Waals surface area contributed by atoms with Gasteiger partial charge in [-0.3, -0.25) is 4.79 Å². The first-order valence-corrected chi connectivity index (χ1v) is 11.0. The number of para-hydroxylation sites is 1. The summed E-state index contributed by atoms with van der Waals surface area (Å²) in [6.07, 6.45) is 0.537. The van der Waals surface area contributed by atoms with Crippen molar-refractivity contribution in [3.63, 3.8) is 0 Å². The van der Waals surface area contributed by atoms with Gasteiger partial charge in [-0.2, -0.15) is 0 Å². The van der Waals surface area contributed by atoms with Crippen molar-refractivity contribution in [2.75, 3.05) is 24.2 Å². The highest BCUT2D eigenvalue weighted by Crippen LogP contribution is 2.42. The number of sulfonamides is 1. The topological polar surface area (TPSA) is 92.8 Å². The van der Waals surface area contributed by atoms with Gasteiger partial charge in [0.15, 0.2) is 0 Å². The molecule has 0 unspecified atom stereocenters. The number of aryl methyl sites for hydroxylation is 2. The SMILES string of the molecule is CCS(=O)(=O)N1CCC2(CC1)OC(=O)C(C)=C2C(=O)Nc1c(C)cccc1C. The van der Waals surface area contributed by atoms with Gasteiger partial charge >= 0.3 is 5.97 Å². The molecule has 8 heteroatoms. The first-order valence-electron chi connectivity index (χ1n) is 9.41. The van der Waals surface area contributed by atoms with Gasteiger partial charge in [-0.25, -0.2) is 17.5 Å². The minimum absolute atomic E-state index is 0.0224. The molecule has 1 aromatic carbocycles. The molecule has 152 valence electrons. The van der Waals surface area contributed by atoms with Crippen molar-refractivity contribution in [2.24, 2.45) is 0 Å². The number of piperidine rings is 1. The summed E-state index contributed by atoms with van der Waals surface area (Å²) in [6, 6.07) is 5.73. The fraction of sp³-hybridized carbons (Fsp3) is 0.500. The summed E-state index contributed by atoms with van der Waals surface area (Å²) in [4.78, 5) is 25.4. The molecule has 1 aromatic rings. The number of nitrogens with zero attached hydrogens (tertiary/aromatic N) is 1. The highest BCUT2D eigenvalue weighted by atomic mass is 32.2. The van der Waals surface area contributed by atoms with E-state index in [0.29, 0.717) is 11.3 Å². The lowest BCUT2D eigenvalue weighted by Gasteiger charge is -2.38. The molecule has 28 heavy (non-hydrogen) atoms. The molecule has 0 aromatic heterocycles. The summed E-state index contributed by atoms with van der Waals surface area (Å²) in [5, 5.41) is 2.93. The number of amides is 1. The number of esters is 1. The summed E-state index contributed by atoms with van der Waals surface area (Å²) in [5.41, 5.74) is 2.10. The number of anilines is 1. The van der Waals surface area contributed by atoms with Gasteiger partial charge in [0.25, 0.3) is 5.91 Å². The Kier molecular flexibility index (Phi) is 5.38. The van der Waals surface area contributed by atoms with Crippen molar-refractivity contribution in [3.8, 4) is 0 Å². The standard InChI is InChI=1S/C20H26N2O5S/c1-5-28(25,26)22-11-9-20(10-12-22)16(15(4)19(24)27-20)18(23)21-17-13(2)7-6-8-14(17)3/h6-8H,5,9-12H2,1-4H3,(H,21,23). The predicted octanol–water partition coefficient (Wildman–Crippen LogP) is 2.30. The third kappa shape index (κ3) is 3.46. The Bertz CT molecular complexity index is 937. The van der Waals surface area contributed by atoms with Crippen LogP contribution in [0.25, 0.3) is 0 Å². The molecule has 0 atom stereocenters.